The molecule has 2 aromatic rings. The van der Waals surface area contributed by atoms with E-state index in [-0.39, 0.29) is 17.0 Å². The lowest BCUT2D eigenvalue weighted by molar-refractivity contribution is -0.153. The molecule has 0 spiro atoms. The molecule has 2 aromatic carbocycles. The third-order valence-electron chi connectivity index (χ3n) is 4.69. The maximum absolute atomic E-state index is 13.6. The van der Waals surface area contributed by atoms with Crippen LogP contribution in [0.1, 0.15) is 32.8 Å². The van der Waals surface area contributed by atoms with Gasteiger partial charge in [-0.15, -0.1) is 0 Å². The maximum atomic E-state index is 13.6. The van der Waals surface area contributed by atoms with Crippen LogP contribution in [0.3, 0.4) is 0 Å². The van der Waals surface area contributed by atoms with Crippen LogP contribution in [0.15, 0.2) is 53.4 Å². The van der Waals surface area contributed by atoms with E-state index in [1.807, 2.05) is 0 Å². The van der Waals surface area contributed by atoms with Crippen molar-refractivity contribution in [3.63, 3.8) is 0 Å². The van der Waals surface area contributed by atoms with Crippen molar-refractivity contribution in [3.8, 4) is 0 Å². The van der Waals surface area contributed by atoms with Crippen LogP contribution in [0.4, 0.5) is 10.1 Å². The minimum absolute atomic E-state index is 0.00940. The van der Waals surface area contributed by atoms with Crippen molar-refractivity contribution in [2.24, 2.45) is 0 Å². The summed E-state index contributed by atoms with van der Waals surface area (Å²) in [5.41, 5.74) is 0.772. The number of anilines is 1. The summed E-state index contributed by atoms with van der Waals surface area (Å²) in [6, 6.07) is 12.0. The summed E-state index contributed by atoms with van der Waals surface area (Å²) in [6.07, 6.45) is -0.750. The Morgan fingerprint density at radius 1 is 1.06 bits per heavy atom. The summed E-state index contributed by atoms with van der Waals surface area (Å²) >= 11 is 0. The van der Waals surface area contributed by atoms with Gasteiger partial charge in [-0.3, -0.25) is 9.59 Å². The molecule has 168 valence electrons. The molecule has 0 radical (unpaired) electrons. The second kappa shape index (κ2) is 11.0. The van der Waals surface area contributed by atoms with Gasteiger partial charge in [-0.05, 0) is 43.2 Å². The zero-order valence-electron chi connectivity index (χ0n) is 17.8. The number of sulfonamides is 1. The Balaban J connectivity index is 1.88. The number of nitrogens with zero attached hydrogens (tertiary/aromatic N) is 1. The molecule has 0 bridgehead atoms. The average molecular weight is 451 g/mol. The molecule has 0 saturated carbocycles. The quantitative estimate of drug-likeness (QED) is 0.561. The lowest BCUT2D eigenvalue weighted by atomic mass is 10.1. The molecule has 0 heterocycles. The molecule has 1 amide bonds. The van der Waals surface area contributed by atoms with Crippen molar-refractivity contribution in [3.05, 3.63) is 59.9 Å². The zero-order valence-corrected chi connectivity index (χ0v) is 18.6. The number of aryl methyl sites for hydroxylation is 1. The van der Waals surface area contributed by atoms with E-state index >= 15 is 0 Å². The minimum atomic E-state index is -3.53. The Morgan fingerprint density at radius 3 is 2.26 bits per heavy atom. The molecule has 0 aliphatic carbocycles. The van der Waals surface area contributed by atoms with E-state index in [1.54, 1.807) is 32.0 Å². The van der Waals surface area contributed by atoms with Crippen LogP contribution in [0, 0.1) is 5.82 Å². The number of halogens is 1. The van der Waals surface area contributed by atoms with E-state index in [1.165, 1.54) is 41.6 Å². The molecule has 2 rings (SSSR count). The summed E-state index contributed by atoms with van der Waals surface area (Å²) in [5.74, 6) is -1.80. The van der Waals surface area contributed by atoms with Crippen LogP contribution in [-0.2, 0) is 30.8 Å². The van der Waals surface area contributed by atoms with Crippen molar-refractivity contribution >= 4 is 27.6 Å². The van der Waals surface area contributed by atoms with E-state index in [2.05, 4.69) is 5.32 Å². The molecular formula is C22H27FN2O5S. The molecule has 1 N–H and O–H groups in total. The molecule has 0 saturated heterocycles. The number of amides is 1. The topological polar surface area (TPSA) is 92.8 Å². The van der Waals surface area contributed by atoms with Crippen LogP contribution in [-0.4, -0.2) is 43.8 Å². The van der Waals surface area contributed by atoms with Crippen molar-refractivity contribution in [1.82, 2.24) is 4.31 Å². The largest absolute Gasteiger partial charge is 0.453 e. The van der Waals surface area contributed by atoms with Gasteiger partial charge in [0, 0.05) is 19.5 Å². The molecule has 0 aliphatic heterocycles. The van der Waals surface area contributed by atoms with Crippen molar-refractivity contribution in [2.75, 3.05) is 18.4 Å². The van der Waals surface area contributed by atoms with Crippen molar-refractivity contribution in [1.29, 1.82) is 0 Å². The molecule has 1 atom stereocenters. The van der Waals surface area contributed by atoms with Crippen LogP contribution in [0.25, 0.3) is 0 Å². The molecule has 0 aromatic heterocycles. The van der Waals surface area contributed by atoms with Crippen molar-refractivity contribution < 1.29 is 27.1 Å². The molecular weight excluding hydrogens is 423 g/mol. The number of carbonyl (C=O) groups is 2. The summed E-state index contributed by atoms with van der Waals surface area (Å²) in [6.45, 7) is 5.72. The Morgan fingerprint density at radius 2 is 1.68 bits per heavy atom. The second-order valence-electron chi connectivity index (χ2n) is 6.83. The first-order valence-electron chi connectivity index (χ1n) is 10.0. The van der Waals surface area contributed by atoms with E-state index in [9.17, 15) is 22.4 Å². The number of benzene rings is 2. The van der Waals surface area contributed by atoms with Gasteiger partial charge in [0.1, 0.15) is 5.82 Å². The van der Waals surface area contributed by atoms with E-state index in [0.717, 1.165) is 5.56 Å². The summed E-state index contributed by atoms with van der Waals surface area (Å²) in [7, 11) is -3.53. The highest BCUT2D eigenvalue weighted by Gasteiger charge is 2.22. The van der Waals surface area contributed by atoms with E-state index < -0.39 is 33.8 Å². The highest BCUT2D eigenvalue weighted by atomic mass is 32.2. The number of nitrogens with one attached hydrogen (secondary N) is 1. The van der Waals surface area contributed by atoms with Crippen LogP contribution in [0.2, 0.25) is 0 Å². The van der Waals surface area contributed by atoms with E-state index in [4.69, 9.17) is 4.74 Å². The SMILES string of the molecule is CCN(CC)S(=O)(=O)c1ccc(CCC(=O)OC(C)C(=O)Nc2ccccc2F)cc1. The third kappa shape index (κ3) is 6.60. The summed E-state index contributed by atoms with van der Waals surface area (Å²) < 4.78 is 45.1. The monoisotopic (exact) mass is 450 g/mol. The molecule has 9 heteroatoms. The molecule has 0 aliphatic rings. The van der Waals surface area contributed by atoms with Crippen LogP contribution >= 0.6 is 0 Å². The molecule has 1 unspecified atom stereocenters. The number of carbonyl (C=O) groups excluding carboxylic acids is 2. The highest BCUT2D eigenvalue weighted by Crippen LogP contribution is 2.17. The third-order valence-corrected chi connectivity index (χ3v) is 6.76. The van der Waals surface area contributed by atoms with Crippen LogP contribution < -0.4 is 5.32 Å². The number of rotatable bonds is 10. The number of para-hydroxylation sites is 1. The van der Waals surface area contributed by atoms with Gasteiger partial charge in [0.15, 0.2) is 6.10 Å². The summed E-state index contributed by atoms with van der Waals surface area (Å²) in [5, 5.41) is 2.38. The first kappa shape index (κ1) is 24.5. The van der Waals surface area contributed by atoms with Gasteiger partial charge in [-0.25, -0.2) is 12.8 Å². The number of esters is 1. The standard InChI is InChI=1S/C22H27FN2O5S/c1-4-25(5-2)31(28,29)18-13-10-17(11-14-18)12-15-21(26)30-16(3)22(27)24-20-9-7-6-8-19(20)23/h6-11,13-14,16H,4-5,12,15H2,1-3H3,(H,24,27). The lowest BCUT2D eigenvalue weighted by Gasteiger charge is -2.18. The van der Waals surface area contributed by atoms with E-state index in [0.29, 0.717) is 19.5 Å². The summed E-state index contributed by atoms with van der Waals surface area (Å²) in [4.78, 5) is 24.4. The van der Waals surface area contributed by atoms with Crippen LogP contribution in [0.5, 0.6) is 0 Å². The van der Waals surface area contributed by atoms with Gasteiger partial charge < -0.3 is 10.1 Å². The normalized spacial score (nSPS) is 12.4. The first-order chi connectivity index (χ1) is 14.7. The lowest BCUT2D eigenvalue weighted by Crippen LogP contribution is -2.30. The fraction of sp³-hybridized carbons (Fsp3) is 0.364. The fourth-order valence-electron chi connectivity index (χ4n) is 2.89. The predicted octanol–water partition coefficient (Wildman–Crippen LogP) is 3.36. The molecule has 7 nitrogen and oxygen atoms in total. The first-order valence-corrected chi connectivity index (χ1v) is 11.5. The van der Waals surface area contributed by atoms with Gasteiger partial charge in [-0.2, -0.15) is 4.31 Å². The maximum Gasteiger partial charge on any atom is 0.306 e. The number of hydrogen-bond donors (Lipinski definition) is 1. The van der Waals surface area contributed by atoms with Gasteiger partial charge in [-0.1, -0.05) is 38.1 Å². The highest BCUT2D eigenvalue weighted by molar-refractivity contribution is 7.89. The smallest absolute Gasteiger partial charge is 0.306 e. The van der Waals surface area contributed by atoms with Gasteiger partial charge in [0.25, 0.3) is 5.91 Å². The predicted molar refractivity (Wildman–Crippen MR) is 115 cm³/mol. The number of ether oxygens (including phenoxy) is 1. The van der Waals surface area contributed by atoms with Crippen molar-refractivity contribution in [2.45, 2.75) is 44.6 Å². The Labute approximate surface area is 182 Å². The minimum Gasteiger partial charge on any atom is -0.453 e. The van der Waals surface area contributed by atoms with Gasteiger partial charge in [0.05, 0.1) is 10.6 Å². The Bertz CT molecular complexity index is 1000. The molecule has 31 heavy (non-hydrogen) atoms. The van der Waals surface area contributed by atoms with Gasteiger partial charge in [0.2, 0.25) is 10.0 Å². The molecule has 0 fully saturated rings. The number of hydrogen-bond acceptors (Lipinski definition) is 5. The second-order valence-corrected chi connectivity index (χ2v) is 8.77. The Hall–Kier alpha value is -2.78. The van der Waals surface area contributed by atoms with Gasteiger partial charge >= 0.3 is 5.97 Å². The average Bonchev–Trinajstić information content (AvgIpc) is 2.74. The fourth-order valence-corrected chi connectivity index (χ4v) is 4.35. The Kier molecular flexibility index (Phi) is 8.70. The zero-order chi connectivity index (χ0) is 23.0.